The van der Waals surface area contributed by atoms with Crippen LogP contribution in [0.25, 0.3) is 0 Å². The average Bonchev–Trinajstić information content (AvgIpc) is 2.28. The van der Waals surface area contributed by atoms with Gasteiger partial charge in [0.1, 0.15) is 5.75 Å². The quantitative estimate of drug-likeness (QED) is 0.778. The molecule has 1 unspecified atom stereocenters. The Morgan fingerprint density at radius 3 is 2.31 bits per heavy atom. The number of methoxy groups -OCH3 is 1. The summed E-state index contributed by atoms with van der Waals surface area (Å²) in [5, 5.41) is 12.6. The number of nitrogens with one attached hydrogen (secondary N) is 1. The number of benzene rings is 1. The van der Waals surface area contributed by atoms with Crippen LogP contribution in [0.4, 0.5) is 5.69 Å². The van der Waals surface area contributed by atoms with E-state index in [9.17, 15) is 5.11 Å². The maximum Gasteiger partial charge on any atom is 0.119 e. The molecule has 0 aromatic heterocycles. The van der Waals surface area contributed by atoms with Crippen molar-refractivity contribution in [2.75, 3.05) is 19.0 Å². The third-order valence-electron chi connectivity index (χ3n) is 2.44. The zero-order chi connectivity index (χ0) is 12.0. The zero-order valence-corrected chi connectivity index (χ0v) is 10.2. The molecule has 0 bridgehead atoms. The first-order valence-electron chi connectivity index (χ1n) is 5.67. The molecule has 2 N–H and O–H groups in total. The van der Waals surface area contributed by atoms with E-state index in [1.807, 2.05) is 24.3 Å². The topological polar surface area (TPSA) is 41.5 Å². The number of hydrogen-bond donors (Lipinski definition) is 2. The summed E-state index contributed by atoms with van der Waals surface area (Å²) in [6.45, 7) is 4.46. The lowest BCUT2D eigenvalue weighted by Crippen LogP contribution is -2.25. The van der Waals surface area contributed by atoms with Gasteiger partial charge in [-0.05, 0) is 36.6 Å². The van der Waals surface area contributed by atoms with Crippen molar-refractivity contribution in [1.82, 2.24) is 0 Å². The van der Waals surface area contributed by atoms with Gasteiger partial charge in [0.05, 0.1) is 13.7 Å². The fourth-order valence-corrected chi connectivity index (χ4v) is 1.67. The Hall–Kier alpha value is -1.22. The Balaban J connectivity index is 2.56. The second-order valence-electron chi connectivity index (χ2n) is 4.38. The molecule has 1 aromatic rings. The second kappa shape index (κ2) is 6.38. The summed E-state index contributed by atoms with van der Waals surface area (Å²) in [7, 11) is 1.65. The summed E-state index contributed by atoms with van der Waals surface area (Å²) in [4.78, 5) is 0. The summed E-state index contributed by atoms with van der Waals surface area (Å²) in [5.41, 5.74) is 1.01. The SMILES string of the molecule is COc1ccc(NC(CO)CC(C)C)cc1. The van der Waals surface area contributed by atoms with Gasteiger partial charge in [-0.3, -0.25) is 0 Å². The van der Waals surface area contributed by atoms with Crippen LogP contribution in [0.1, 0.15) is 20.3 Å². The van der Waals surface area contributed by atoms with Crippen molar-refractivity contribution in [3.8, 4) is 5.75 Å². The molecule has 0 aliphatic heterocycles. The maximum atomic E-state index is 9.25. The van der Waals surface area contributed by atoms with Gasteiger partial charge >= 0.3 is 0 Å². The summed E-state index contributed by atoms with van der Waals surface area (Å²) in [5.74, 6) is 1.41. The van der Waals surface area contributed by atoms with E-state index in [0.717, 1.165) is 17.9 Å². The van der Waals surface area contributed by atoms with Crippen molar-refractivity contribution in [1.29, 1.82) is 0 Å². The molecular formula is C13H21NO2. The lowest BCUT2D eigenvalue weighted by Gasteiger charge is -2.19. The van der Waals surface area contributed by atoms with Gasteiger partial charge in [-0.1, -0.05) is 13.8 Å². The second-order valence-corrected chi connectivity index (χ2v) is 4.38. The lowest BCUT2D eigenvalue weighted by molar-refractivity contribution is 0.259. The number of aliphatic hydroxyl groups excluding tert-OH is 1. The molecule has 0 aliphatic carbocycles. The number of ether oxygens (including phenoxy) is 1. The van der Waals surface area contributed by atoms with Gasteiger partial charge < -0.3 is 15.2 Å². The standard InChI is InChI=1S/C13H21NO2/c1-10(2)8-12(9-15)14-11-4-6-13(16-3)7-5-11/h4-7,10,12,14-15H,8-9H2,1-3H3. The largest absolute Gasteiger partial charge is 0.497 e. The summed E-state index contributed by atoms with van der Waals surface area (Å²) < 4.78 is 5.09. The first-order valence-corrected chi connectivity index (χ1v) is 5.67. The molecule has 0 saturated carbocycles. The van der Waals surface area contributed by atoms with Crippen LogP contribution in [-0.2, 0) is 0 Å². The van der Waals surface area contributed by atoms with Gasteiger partial charge in [0.15, 0.2) is 0 Å². The van der Waals surface area contributed by atoms with E-state index >= 15 is 0 Å². The Morgan fingerprint density at radius 2 is 1.88 bits per heavy atom. The number of rotatable bonds is 6. The Morgan fingerprint density at radius 1 is 1.25 bits per heavy atom. The highest BCUT2D eigenvalue weighted by molar-refractivity contribution is 5.47. The van der Waals surface area contributed by atoms with E-state index in [4.69, 9.17) is 4.74 Å². The third kappa shape index (κ3) is 4.11. The van der Waals surface area contributed by atoms with Gasteiger partial charge in [-0.25, -0.2) is 0 Å². The van der Waals surface area contributed by atoms with Gasteiger partial charge in [0.2, 0.25) is 0 Å². The van der Waals surface area contributed by atoms with Crippen molar-refractivity contribution in [2.24, 2.45) is 5.92 Å². The molecule has 1 atom stereocenters. The highest BCUT2D eigenvalue weighted by Crippen LogP contribution is 2.17. The van der Waals surface area contributed by atoms with Gasteiger partial charge in [-0.2, -0.15) is 0 Å². The molecule has 0 radical (unpaired) electrons. The molecule has 90 valence electrons. The van der Waals surface area contributed by atoms with Crippen LogP contribution in [0.2, 0.25) is 0 Å². The average molecular weight is 223 g/mol. The van der Waals surface area contributed by atoms with Crippen LogP contribution in [0, 0.1) is 5.92 Å². The molecule has 0 saturated heterocycles. The predicted octanol–water partition coefficient (Wildman–Crippen LogP) is 2.51. The van der Waals surface area contributed by atoms with Gasteiger partial charge in [0.25, 0.3) is 0 Å². The van der Waals surface area contributed by atoms with Crippen molar-refractivity contribution in [3.05, 3.63) is 24.3 Å². The minimum Gasteiger partial charge on any atom is -0.497 e. The molecule has 0 amide bonds. The van der Waals surface area contributed by atoms with E-state index in [-0.39, 0.29) is 12.6 Å². The molecule has 3 nitrogen and oxygen atoms in total. The fraction of sp³-hybridized carbons (Fsp3) is 0.538. The molecule has 16 heavy (non-hydrogen) atoms. The van der Waals surface area contributed by atoms with Crippen LogP contribution < -0.4 is 10.1 Å². The minimum atomic E-state index is 0.119. The molecule has 3 heteroatoms. The minimum absolute atomic E-state index is 0.119. The van der Waals surface area contributed by atoms with Crippen molar-refractivity contribution in [3.63, 3.8) is 0 Å². The first-order chi connectivity index (χ1) is 7.65. The van der Waals surface area contributed by atoms with Crippen molar-refractivity contribution >= 4 is 5.69 Å². The van der Waals surface area contributed by atoms with Crippen LogP contribution in [0.3, 0.4) is 0 Å². The van der Waals surface area contributed by atoms with Crippen LogP contribution in [-0.4, -0.2) is 24.9 Å². The third-order valence-corrected chi connectivity index (χ3v) is 2.44. The fourth-order valence-electron chi connectivity index (χ4n) is 1.67. The van der Waals surface area contributed by atoms with Gasteiger partial charge in [0, 0.05) is 11.7 Å². The highest BCUT2D eigenvalue weighted by atomic mass is 16.5. The normalized spacial score (nSPS) is 12.6. The van der Waals surface area contributed by atoms with E-state index in [1.54, 1.807) is 7.11 Å². The lowest BCUT2D eigenvalue weighted by atomic mass is 10.0. The van der Waals surface area contributed by atoms with E-state index in [2.05, 4.69) is 19.2 Å². The van der Waals surface area contributed by atoms with Crippen molar-refractivity contribution in [2.45, 2.75) is 26.3 Å². The van der Waals surface area contributed by atoms with E-state index in [0.29, 0.717) is 5.92 Å². The number of anilines is 1. The van der Waals surface area contributed by atoms with Crippen LogP contribution in [0.15, 0.2) is 24.3 Å². The maximum absolute atomic E-state index is 9.25. The summed E-state index contributed by atoms with van der Waals surface area (Å²) >= 11 is 0. The van der Waals surface area contributed by atoms with Crippen molar-refractivity contribution < 1.29 is 9.84 Å². The smallest absolute Gasteiger partial charge is 0.119 e. The molecule has 0 aliphatic rings. The van der Waals surface area contributed by atoms with Crippen LogP contribution >= 0.6 is 0 Å². The summed E-state index contributed by atoms with van der Waals surface area (Å²) in [6.07, 6.45) is 0.961. The molecular weight excluding hydrogens is 202 g/mol. The van der Waals surface area contributed by atoms with E-state index < -0.39 is 0 Å². The number of hydrogen-bond acceptors (Lipinski definition) is 3. The Bertz CT molecular complexity index is 295. The van der Waals surface area contributed by atoms with Crippen LogP contribution in [0.5, 0.6) is 5.75 Å². The molecule has 0 heterocycles. The Labute approximate surface area is 97.4 Å². The zero-order valence-electron chi connectivity index (χ0n) is 10.2. The number of aliphatic hydroxyl groups is 1. The molecule has 0 fully saturated rings. The van der Waals surface area contributed by atoms with Gasteiger partial charge in [-0.15, -0.1) is 0 Å². The predicted molar refractivity (Wildman–Crippen MR) is 66.9 cm³/mol. The molecule has 1 aromatic carbocycles. The molecule has 0 spiro atoms. The molecule has 1 rings (SSSR count). The first kappa shape index (κ1) is 12.8. The van der Waals surface area contributed by atoms with E-state index in [1.165, 1.54) is 0 Å². The Kier molecular flexibility index (Phi) is 5.12. The summed E-state index contributed by atoms with van der Waals surface area (Å²) in [6, 6.07) is 7.86. The monoisotopic (exact) mass is 223 g/mol. The highest BCUT2D eigenvalue weighted by Gasteiger charge is 2.09.